The van der Waals surface area contributed by atoms with E-state index in [-0.39, 0.29) is 5.91 Å². The molecule has 1 aliphatic rings. The normalized spacial score (nSPS) is 13.4. The lowest BCUT2D eigenvalue weighted by molar-refractivity contribution is 0.0983. The molecule has 0 unspecified atom stereocenters. The van der Waals surface area contributed by atoms with E-state index in [1.54, 1.807) is 0 Å². The molecule has 0 aliphatic carbocycles. The summed E-state index contributed by atoms with van der Waals surface area (Å²) in [4.78, 5) is 13.0. The van der Waals surface area contributed by atoms with Gasteiger partial charge in [0.25, 0.3) is 5.91 Å². The second-order valence-electron chi connectivity index (χ2n) is 6.47. The van der Waals surface area contributed by atoms with E-state index in [2.05, 4.69) is 20.9 Å². The number of thioether (sulfide) groups is 1. The molecule has 4 rings (SSSR count). The minimum atomic E-state index is -0.111. The van der Waals surface area contributed by atoms with Gasteiger partial charge >= 0.3 is 0 Å². The van der Waals surface area contributed by atoms with Crippen LogP contribution in [0.2, 0.25) is 0 Å². The molecule has 1 N–H and O–H groups in total. The highest BCUT2D eigenvalue weighted by Crippen LogP contribution is 2.22. The van der Waals surface area contributed by atoms with Crippen molar-refractivity contribution in [1.29, 1.82) is 0 Å². The first-order valence-electron chi connectivity index (χ1n) is 10.4. The Morgan fingerprint density at radius 3 is 2.35 bits per heavy atom. The number of amides is 1. The Morgan fingerprint density at radius 1 is 0.935 bits per heavy atom. The molecule has 0 spiro atoms. The molecule has 1 fully saturated rings. The molecule has 0 bridgehead atoms. The zero-order valence-electron chi connectivity index (χ0n) is 17.9. The summed E-state index contributed by atoms with van der Waals surface area (Å²) in [7, 11) is 0. The number of nitrogens with one attached hydrogen (secondary N) is 1. The molecule has 0 radical (unpaired) electrons. The number of hydrogen-bond acceptors (Lipinski definition) is 4. The van der Waals surface area contributed by atoms with Gasteiger partial charge in [-0.3, -0.25) is 9.52 Å². The highest BCUT2D eigenvalue weighted by Gasteiger charge is 2.18. The van der Waals surface area contributed by atoms with Crippen molar-refractivity contribution in [2.75, 3.05) is 24.6 Å². The first-order valence-corrected chi connectivity index (χ1v) is 12.4. The van der Waals surface area contributed by atoms with Crippen LogP contribution in [0.5, 0.6) is 0 Å². The molecule has 6 heteroatoms. The van der Waals surface area contributed by atoms with Gasteiger partial charge < -0.3 is 4.57 Å². The monoisotopic (exact) mass is 449 g/mol. The van der Waals surface area contributed by atoms with Gasteiger partial charge in [0.1, 0.15) is 0 Å². The molecule has 1 amide bonds. The van der Waals surface area contributed by atoms with E-state index >= 15 is 0 Å². The number of carbonyl (C=O) groups excluding carboxylic acids is 1. The van der Waals surface area contributed by atoms with Crippen LogP contribution >= 0.6 is 23.9 Å². The van der Waals surface area contributed by atoms with Crippen LogP contribution in [0.25, 0.3) is 5.69 Å². The number of nitrogens with zero attached hydrogens (tertiary/aromatic N) is 2. The third-order valence-corrected chi connectivity index (χ3v) is 6.34. The van der Waals surface area contributed by atoms with Crippen molar-refractivity contribution in [3.05, 3.63) is 89.7 Å². The average Bonchev–Trinajstić information content (AvgIpc) is 3.38. The number of benzene rings is 2. The topological polar surface area (TPSA) is 37.3 Å². The van der Waals surface area contributed by atoms with Crippen molar-refractivity contribution >= 4 is 29.8 Å². The number of hydrogen-bond donors (Lipinski definition) is 1. The second kappa shape index (κ2) is 12.3. The van der Waals surface area contributed by atoms with Gasteiger partial charge in [-0.1, -0.05) is 50.0 Å². The standard InChI is InChI=1S/C23H21N3OS2.C2H6/c27-23(24-29-26-15-17-28-18-16-26)21-10-6-9-20(22(21)25-13-4-5-14-25)12-11-19-7-2-1-3-8-19;1-2/h1-10,13-14H,15-18H2,(H,24,27);1-2H3. The molecular weight excluding hydrogens is 422 g/mol. The lowest BCUT2D eigenvalue weighted by Crippen LogP contribution is -2.31. The molecule has 0 atom stereocenters. The smallest absolute Gasteiger partial charge is 0.264 e. The van der Waals surface area contributed by atoms with Crippen molar-refractivity contribution in [2.24, 2.45) is 0 Å². The van der Waals surface area contributed by atoms with Gasteiger partial charge in [0.05, 0.1) is 11.3 Å². The van der Waals surface area contributed by atoms with Crippen LogP contribution < -0.4 is 4.72 Å². The molecule has 1 saturated heterocycles. The van der Waals surface area contributed by atoms with Crippen LogP contribution in [-0.4, -0.2) is 39.4 Å². The fraction of sp³-hybridized carbons (Fsp3) is 0.240. The van der Waals surface area contributed by atoms with E-state index in [0.717, 1.165) is 41.4 Å². The Labute approximate surface area is 193 Å². The van der Waals surface area contributed by atoms with Crippen molar-refractivity contribution in [3.63, 3.8) is 0 Å². The van der Waals surface area contributed by atoms with Gasteiger partial charge in [0.2, 0.25) is 0 Å². The van der Waals surface area contributed by atoms with Crippen molar-refractivity contribution < 1.29 is 4.79 Å². The molecule has 2 aromatic carbocycles. The van der Waals surface area contributed by atoms with Crippen LogP contribution in [0.1, 0.15) is 35.3 Å². The number of aromatic nitrogens is 1. The molecule has 2 heterocycles. The molecule has 160 valence electrons. The summed E-state index contributed by atoms with van der Waals surface area (Å²) in [5.41, 5.74) is 3.17. The third kappa shape index (κ3) is 6.44. The summed E-state index contributed by atoms with van der Waals surface area (Å²) in [5.74, 6) is 8.54. The predicted octanol–water partition coefficient (Wildman–Crippen LogP) is 5.25. The van der Waals surface area contributed by atoms with Crippen molar-refractivity contribution in [3.8, 4) is 17.5 Å². The summed E-state index contributed by atoms with van der Waals surface area (Å²) in [5, 5.41) is 0. The maximum Gasteiger partial charge on any atom is 0.264 e. The van der Waals surface area contributed by atoms with Crippen LogP contribution in [0.3, 0.4) is 0 Å². The lowest BCUT2D eigenvalue weighted by atomic mass is 10.1. The van der Waals surface area contributed by atoms with E-state index in [4.69, 9.17) is 0 Å². The maximum absolute atomic E-state index is 13.0. The fourth-order valence-corrected chi connectivity index (χ4v) is 4.87. The Hall–Kier alpha value is -2.59. The Morgan fingerprint density at radius 2 is 1.65 bits per heavy atom. The van der Waals surface area contributed by atoms with Crippen molar-refractivity contribution in [2.45, 2.75) is 13.8 Å². The summed E-state index contributed by atoms with van der Waals surface area (Å²) < 4.78 is 7.15. The van der Waals surface area contributed by atoms with Crippen LogP contribution in [0.4, 0.5) is 0 Å². The minimum absolute atomic E-state index is 0.111. The fourth-order valence-electron chi connectivity index (χ4n) is 3.05. The van der Waals surface area contributed by atoms with E-state index < -0.39 is 0 Å². The minimum Gasteiger partial charge on any atom is -0.322 e. The lowest BCUT2D eigenvalue weighted by Gasteiger charge is -2.24. The SMILES string of the molecule is CC.O=C(NSN1CCSCC1)c1cccc(C#Cc2ccccc2)c1-n1cccc1. The summed E-state index contributed by atoms with van der Waals surface area (Å²) >= 11 is 3.35. The zero-order chi connectivity index (χ0) is 21.9. The maximum atomic E-state index is 13.0. The van der Waals surface area contributed by atoms with Gasteiger partial charge in [-0.25, -0.2) is 4.31 Å². The Balaban J connectivity index is 0.00000132. The van der Waals surface area contributed by atoms with E-state index in [9.17, 15) is 4.79 Å². The molecule has 31 heavy (non-hydrogen) atoms. The molecule has 3 aromatic rings. The quantitative estimate of drug-likeness (QED) is 0.436. The van der Waals surface area contributed by atoms with Gasteiger partial charge in [0.15, 0.2) is 0 Å². The first kappa shape index (κ1) is 23.1. The molecule has 1 aromatic heterocycles. The molecule has 1 aliphatic heterocycles. The summed E-state index contributed by atoms with van der Waals surface area (Å²) in [6, 6.07) is 19.5. The van der Waals surface area contributed by atoms with Gasteiger partial charge in [-0.05, 0) is 36.4 Å². The largest absolute Gasteiger partial charge is 0.322 e. The first-order chi connectivity index (χ1) is 15.3. The number of carbonyl (C=O) groups is 1. The number of para-hydroxylation sites is 1. The van der Waals surface area contributed by atoms with Gasteiger partial charge in [0, 0.05) is 60.2 Å². The van der Waals surface area contributed by atoms with Crippen LogP contribution in [-0.2, 0) is 0 Å². The zero-order valence-corrected chi connectivity index (χ0v) is 19.5. The highest BCUT2D eigenvalue weighted by molar-refractivity contribution is 7.99. The summed E-state index contributed by atoms with van der Waals surface area (Å²) in [6.07, 6.45) is 3.88. The Bertz CT molecular complexity index is 1020. The predicted molar refractivity (Wildman–Crippen MR) is 133 cm³/mol. The van der Waals surface area contributed by atoms with Gasteiger partial charge in [-0.2, -0.15) is 11.8 Å². The molecule has 0 saturated carbocycles. The van der Waals surface area contributed by atoms with Crippen LogP contribution in [0.15, 0.2) is 73.1 Å². The number of rotatable bonds is 4. The third-order valence-electron chi connectivity index (χ3n) is 4.50. The van der Waals surface area contributed by atoms with E-state index in [0.29, 0.717) is 5.56 Å². The van der Waals surface area contributed by atoms with Gasteiger partial charge in [-0.15, -0.1) is 0 Å². The average molecular weight is 450 g/mol. The van der Waals surface area contributed by atoms with Crippen molar-refractivity contribution in [1.82, 2.24) is 13.6 Å². The Kier molecular flexibility index (Phi) is 9.16. The van der Waals surface area contributed by atoms with Crippen LogP contribution in [0, 0.1) is 11.8 Å². The summed E-state index contributed by atoms with van der Waals surface area (Å²) in [6.45, 7) is 5.95. The van der Waals surface area contributed by atoms with E-state index in [1.165, 1.54) is 12.1 Å². The second-order valence-corrected chi connectivity index (χ2v) is 8.60. The van der Waals surface area contributed by atoms with E-state index in [1.807, 2.05) is 103 Å². The molecular formula is C25H27N3OS2. The molecule has 4 nitrogen and oxygen atoms in total. The highest BCUT2D eigenvalue weighted by atomic mass is 32.2.